The molecule has 2 aromatic rings. The van der Waals surface area contributed by atoms with Crippen LogP contribution in [0.25, 0.3) is 0 Å². The molecule has 1 aromatic heterocycles. The van der Waals surface area contributed by atoms with Gasteiger partial charge in [0.05, 0.1) is 7.11 Å². The molecule has 1 aliphatic heterocycles. The van der Waals surface area contributed by atoms with Crippen molar-refractivity contribution >= 4 is 17.7 Å². The van der Waals surface area contributed by atoms with E-state index in [2.05, 4.69) is 13.0 Å². The first kappa shape index (κ1) is 17.5. The highest BCUT2D eigenvalue weighted by Crippen LogP contribution is 2.60. The van der Waals surface area contributed by atoms with E-state index in [1.165, 1.54) is 19.2 Å². The van der Waals surface area contributed by atoms with Crippen molar-refractivity contribution in [1.29, 1.82) is 0 Å². The van der Waals surface area contributed by atoms with Crippen LogP contribution in [-0.2, 0) is 21.4 Å². The Morgan fingerprint density at radius 1 is 1.35 bits per heavy atom. The number of benzene rings is 1. The molecule has 2 aliphatic rings. The zero-order chi connectivity index (χ0) is 18.5. The van der Waals surface area contributed by atoms with E-state index >= 15 is 0 Å². The Morgan fingerprint density at radius 3 is 2.62 bits per heavy atom. The Balaban J connectivity index is 2.01. The predicted octanol–water partition coefficient (Wildman–Crippen LogP) is 4.43. The second-order valence-corrected chi connectivity index (χ2v) is 8.25. The van der Waals surface area contributed by atoms with Crippen molar-refractivity contribution in [3.63, 3.8) is 0 Å². The van der Waals surface area contributed by atoms with E-state index in [0.29, 0.717) is 5.92 Å². The molecular formula is C21H22FNO2S. The lowest BCUT2D eigenvalue weighted by atomic mass is 9.70. The van der Waals surface area contributed by atoms with Gasteiger partial charge in [-0.15, -0.1) is 11.8 Å². The average Bonchev–Trinajstić information content (AvgIpc) is 3.43. The number of carbonyl (C=O) groups excluding carboxylic acids is 1. The van der Waals surface area contributed by atoms with Gasteiger partial charge in [0.15, 0.2) is 0 Å². The van der Waals surface area contributed by atoms with Crippen LogP contribution in [0.2, 0.25) is 0 Å². The number of pyridine rings is 1. The maximum atomic E-state index is 13.6. The molecule has 1 aromatic carbocycles. The monoisotopic (exact) mass is 371 g/mol. The van der Waals surface area contributed by atoms with Crippen molar-refractivity contribution in [3.05, 3.63) is 58.5 Å². The molecule has 136 valence electrons. The van der Waals surface area contributed by atoms with E-state index in [1.807, 2.05) is 6.92 Å². The second-order valence-electron chi connectivity index (χ2n) is 7.12. The van der Waals surface area contributed by atoms with Gasteiger partial charge in [0, 0.05) is 16.5 Å². The van der Waals surface area contributed by atoms with E-state index in [9.17, 15) is 9.18 Å². The van der Waals surface area contributed by atoms with Crippen LogP contribution in [0.4, 0.5) is 4.39 Å². The molecule has 0 spiro atoms. The summed E-state index contributed by atoms with van der Waals surface area (Å²) in [6, 6.07) is 8.42. The summed E-state index contributed by atoms with van der Waals surface area (Å²) in [4.78, 5) is 18.1. The third-order valence-electron chi connectivity index (χ3n) is 5.61. The number of rotatable bonds is 4. The number of ether oxygens (including phenoxy) is 1. The summed E-state index contributed by atoms with van der Waals surface area (Å²) < 4.78 is 18.9. The van der Waals surface area contributed by atoms with Gasteiger partial charge in [-0.2, -0.15) is 0 Å². The lowest BCUT2D eigenvalue weighted by Gasteiger charge is -2.33. The topological polar surface area (TPSA) is 39.2 Å². The first-order valence-corrected chi connectivity index (χ1v) is 9.92. The van der Waals surface area contributed by atoms with Gasteiger partial charge in [0.2, 0.25) is 0 Å². The Morgan fingerprint density at radius 2 is 2.04 bits per heavy atom. The van der Waals surface area contributed by atoms with Gasteiger partial charge in [-0.3, -0.25) is 4.79 Å². The number of halogens is 1. The highest BCUT2D eigenvalue weighted by atomic mass is 32.2. The standard InChI is InChI=1S/C21H22FNO2S/c1-4-13-11-17-19(23-12(13)2)26-18(14-5-6-14)21(17,20(24)25-3)15-7-9-16(22)10-8-15/h7-11,14,18H,4-6H2,1-3H3. The van der Waals surface area contributed by atoms with Crippen LogP contribution in [0.15, 0.2) is 35.4 Å². The number of hydrogen-bond acceptors (Lipinski definition) is 4. The number of aryl methyl sites for hydroxylation is 2. The number of fused-ring (bicyclic) bond motifs is 1. The predicted molar refractivity (Wildman–Crippen MR) is 99.9 cm³/mol. The molecule has 2 heterocycles. The number of hydrogen-bond donors (Lipinski definition) is 0. The van der Waals surface area contributed by atoms with Crippen LogP contribution in [-0.4, -0.2) is 23.3 Å². The number of aromatic nitrogens is 1. The van der Waals surface area contributed by atoms with Crippen LogP contribution in [0.5, 0.6) is 0 Å². The highest BCUT2D eigenvalue weighted by Gasteiger charge is 2.60. The van der Waals surface area contributed by atoms with Gasteiger partial charge < -0.3 is 4.74 Å². The number of carbonyl (C=O) groups is 1. The van der Waals surface area contributed by atoms with Gasteiger partial charge in [0.25, 0.3) is 0 Å². The Labute approximate surface area is 157 Å². The van der Waals surface area contributed by atoms with E-state index < -0.39 is 5.41 Å². The van der Waals surface area contributed by atoms with Gasteiger partial charge in [-0.25, -0.2) is 9.37 Å². The summed E-state index contributed by atoms with van der Waals surface area (Å²) in [6.07, 6.45) is 3.06. The summed E-state index contributed by atoms with van der Waals surface area (Å²) in [5.74, 6) is -0.136. The summed E-state index contributed by atoms with van der Waals surface area (Å²) >= 11 is 1.68. The fourth-order valence-corrected chi connectivity index (χ4v) is 5.88. The van der Waals surface area contributed by atoms with E-state index in [0.717, 1.165) is 46.7 Å². The molecule has 2 atom stereocenters. The molecule has 4 rings (SSSR count). The van der Waals surface area contributed by atoms with E-state index in [-0.39, 0.29) is 17.0 Å². The molecule has 1 aliphatic carbocycles. The van der Waals surface area contributed by atoms with Crippen LogP contribution in [0, 0.1) is 18.7 Å². The molecule has 1 saturated carbocycles. The maximum Gasteiger partial charge on any atom is 0.322 e. The van der Waals surface area contributed by atoms with Crippen LogP contribution in [0.3, 0.4) is 0 Å². The van der Waals surface area contributed by atoms with Gasteiger partial charge in [0.1, 0.15) is 16.3 Å². The van der Waals surface area contributed by atoms with Crippen molar-refractivity contribution in [1.82, 2.24) is 4.98 Å². The summed E-state index contributed by atoms with van der Waals surface area (Å²) in [6.45, 7) is 4.11. The highest BCUT2D eigenvalue weighted by molar-refractivity contribution is 8.00. The van der Waals surface area contributed by atoms with Crippen LogP contribution < -0.4 is 0 Å². The zero-order valence-corrected chi connectivity index (χ0v) is 16.0. The first-order valence-electron chi connectivity index (χ1n) is 9.04. The molecule has 3 nitrogen and oxygen atoms in total. The van der Waals surface area contributed by atoms with Crippen molar-refractivity contribution in [2.24, 2.45) is 5.92 Å². The minimum absolute atomic E-state index is 0.0365. The molecule has 5 heteroatoms. The number of thioether (sulfide) groups is 1. The van der Waals surface area contributed by atoms with Crippen molar-refractivity contribution in [2.45, 2.75) is 48.8 Å². The molecular weight excluding hydrogens is 349 g/mol. The van der Waals surface area contributed by atoms with Crippen molar-refractivity contribution in [2.75, 3.05) is 7.11 Å². The zero-order valence-electron chi connectivity index (χ0n) is 15.2. The van der Waals surface area contributed by atoms with E-state index in [1.54, 1.807) is 23.9 Å². The Kier molecular flexibility index (Phi) is 4.30. The fraction of sp³-hybridized carbons (Fsp3) is 0.429. The Hall–Kier alpha value is -1.88. The molecule has 2 unspecified atom stereocenters. The Bertz CT molecular complexity index is 863. The third-order valence-corrected chi connectivity index (χ3v) is 7.14. The second kappa shape index (κ2) is 6.38. The maximum absolute atomic E-state index is 13.6. The van der Waals surface area contributed by atoms with Crippen molar-refractivity contribution < 1.29 is 13.9 Å². The molecule has 0 saturated heterocycles. The fourth-order valence-electron chi connectivity index (χ4n) is 4.10. The molecule has 26 heavy (non-hydrogen) atoms. The quantitative estimate of drug-likeness (QED) is 0.745. The van der Waals surface area contributed by atoms with Gasteiger partial charge in [-0.1, -0.05) is 19.1 Å². The van der Waals surface area contributed by atoms with Crippen molar-refractivity contribution in [3.8, 4) is 0 Å². The van der Waals surface area contributed by atoms with Crippen LogP contribution >= 0.6 is 11.8 Å². The summed E-state index contributed by atoms with van der Waals surface area (Å²) in [5.41, 5.74) is 2.93. The third kappa shape index (κ3) is 2.48. The number of esters is 1. The summed E-state index contributed by atoms with van der Waals surface area (Å²) in [5, 5.41) is 0.945. The molecule has 1 fully saturated rings. The average molecular weight is 371 g/mol. The minimum atomic E-state index is -0.922. The smallest absolute Gasteiger partial charge is 0.322 e. The molecule has 0 bridgehead atoms. The summed E-state index contributed by atoms with van der Waals surface area (Å²) in [7, 11) is 1.43. The number of methoxy groups -OCH3 is 1. The lowest BCUT2D eigenvalue weighted by Crippen LogP contribution is -2.45. The SMILES string of the molecule is CCc1cc2c(nc1C)SC(C1CC1)C2(C(=O)OC)c1ccc(F)cc1. The minimum Gasteiger partial charge on any atom is -0.468 e. The van der Waals surface area contributed by atoms with Gasteiger partial charge >= 0.3 is 5.97 Å². The first-order chi connectivity index (χ1) is 12.5. The number of nitrogens with zero attached hydrogens (tertiary/aromatic N) is 1. The molecule has 0 amide bonds. The van der Waals surface area contributed by atoms with E-state index in [4.69, 9.17) is 9.72 Å². The molecule has 0 N–H and O–H groups in total. The lowest BCUT2D eigenvalue weighted by molar-refractivity contribution is -0.146. The largest absolute Gasteiger partial charge is 0.468 e. The normalized spacial score (nSPS) is 24.4. The molecule has 0 radical (unpaired) electrons. The van der Waals surface area contributed by atoms with Gasteiger partial charge in [-0.05, 0) is 61.4 Å². The van der Waals surface area contributed by atoms with Crippen LogP contribution in [0.1, 0.15) is 42.1 Å².